The predicted octanol–water partition coefficient (Wildman–Crippen LogP) is 16.5. The molecular formula is C54H110NO7P. The molecule has 0 aliphatic heterocycles. The number of rotatable bonds is 53. The Morgan fingerprint density at radius 1 is 0.429 bits per heavy atom. The molecular weight excluding hydrogens is 806 g/mol. The molecule has 0 saturated carbocycles. The fourth-order valence-electron chi connectivity index (χ4n) is 8.37. The summed E-state index contributed by atoms with van der Waals surface area (Å²) in [6, 6.07) is 0. The molecule has 378 valence electrons. The number of nitrogens with zero attached hydrogens (tertiary/aromatic N) is 1. The smallest absolute Gasteiger partial charge is 0.306 e. The summed E-state index contributed by atoms with van der Waals surface area (Å²) in [5, 5.41) is 0. The molecule has 0 saturated heterocycles. The molecule has 0 aromatic carbocycles. The first kappa shape index (κ1) is 62.5. The lowest BCUT2D eigenvalue weighted by Crippen LogP contribution is -2.37. The van der Waals surface area contributed by atoms with Crippen molar-refractivity contribution in [1.29, 1.82) is 0 Å². The zero-order valence-corrected chi connectivity index (χ0v) is 44.0. The number of hydrogen-bond donors (Lipinski definition) is 0. The van der Waals surface area contributed by atoms with Crippen LogP contribution in [0.5, 0.6) is 0 Å². The van der Waals surface area contributed by atoms with Gasteiger partial charge in [-0.25, -0.2) is 0 Å². The van der Waals surface area contributed by atoms with Crippen molar-refractivity contribution in [2.45, 2.75) is 290 Å². The third-order valence-corrected chi connectivity index (χ3v) is 13.6. The van der Waals surface area contributed by atoms with Crippen LogP contribution in [0.2, 0.25) is 0 Å². The van der Waals surface area contributed by atoms with E-state index in [1.807, 2.05) is 21.1 Å². The second-order valence-electron chi connectivity index (χ2n) is 20.3. The normalized spacial score (nSPS) is 13.4. The molecule has 0 aromatic rings. The number of ether oxygens (including phenoxy) is 2. The molecule has 63 heavy (non-hydrogen) atoms. The van der Waals surface area contributed by atoms with Gasteiger partial charge >= 0.3 is 5.97 Å². The highest BCUT2D eigenvalue weighted by atomic mass is 31.2. The monoisotopic (exact) mass is 916 g/mol. The maximum absolute atomic E-state index is 12.7. The minimum atomic E-state index is -4.52. The second kappa shape index (κ2) is 48.0. The number of hydrogen-bond acceptors (Lipinski definition) is 7. The van der Waals surface area contributed by atoms with Crippen LogP contribution in [-0.2, 0) is 27.9 Å². The van der Waals surface area contributed by atoms with Crippen LogP contribution in [0.1, 0.15) is 284 Å². The lowest BCUT2D eigenvalue weighted by molar-refractivity contribution is -0.870. The molecule has 0 radical (unpaired) electrons. The molecule has 9 heteroatoms. The fraction of sp³-hybridized carbons (Fsp3) is 0.981. The van der Waals surface area contributed by atoms with Gasteiger partial charge < -0.3 is 27.9 Å². The van der Waals surface area contributed by atoms with Crippen LogP contribution in [0.4, 0.5) is 0 Å². The topological polar surface area (TPSA) is 94.1 Å². The van der Waals surface area contributed by atoms with Crippen LogP contribution in [0.3, 0.4) is 0 Å². The molecule has 0 rings (SSSR count). The molecule has 2 atom stereocenters. The summed E-state index contributed by atoms with van der Waals surface area (Å²) in [7, 11) is 1.38. The molecule has 0 spiro atoms. The fourth-order valence-corrected chi connectivity index (χ4v) is 9.10. The van der Waals surface area contributed by atoms with E-state index in [0.29, 0.717) is 24.1 Å². The third-order valence-electron chi connectivity index (χ3n) is 12.7. The van der Waals surface area contributed by atoms with Gasteiger partial charge in [-0.05, 0) is 12.8 Å². The van der Waals surface area contributed by atoms with E-state index in [9.17, 15) is 14.3 Å². The van der Waals surface area contributed by atoms with Crippen LogP contribution in [-0.4, -0.2) is 70.7 Å². The molecule has 0 aromatic heterocycles. The van der Waals surface area contributed by atoms with Gasteiger partial charge in [0.05, 0.1) is 34.4 Å². The van der Waals surface area contributed by atoms with Crippen molar-refractivity contribution in [2.75, 3.05) is 54.1 Å². The SMILES string of the molecule is CCCCCCCCCCCCCCCCCCCCCCCCCCCCCCCC(=O)O[C@H](COCCCCCCCCCCCCCC)COP(=O)([O-])OCC[N+](C)(C)C. The highest BCUT2D eigenvalue weighted by molar-refractivity contribution is 7.45. The molecule has 0 fully saturated rings. The van der Waals surface area contributed by atoms with Gasteiger partial charge in [0.25, 0.3) is 7.82 Å². The van der Waals surface area contributed by atoms with Crippen LogP contribution < -0.4 is 4.89 Å². The van der Waals surface area contributed by atoms with Gasteiger partial charge in [-0.1, -0.05) is 264 Å². The lowest BCUT2D eigenvalue weighted by atomic mass is 10.0. The number of esters is 1. The molecule has 0 aliphatic carbocycles. The Morgan fingerprint density at radius 2 is 0.730 bits per heavy atom. The summed E-state index contributed by atoms with van der Waals surface area (Å²) in [4.78, 5) is 25.2. The van der Waals surface area contributed by atoms with Gasteiger partial charge in [0.15, 0.2) is 0 Å². The molecule has 1 unspecified atom stereocenters. The van der Waals surface area contributed by atoms with Crippen LogP contribution >= 0.6 is 7.82 Å². The van der Waals surface area contributed by atoms with Crippen molar-refractivity contribution in [2.24, 2.45) is 0 Å². The van der Waals surface area contributed by atoms with Crippen molar-refractivity contribution >= 4 is 13.8 Å². The van der Waals surface area contributed by atoms with E-state index in [1.54, 1.807) is 0 Å². The van der Waals surface area contributed by atoms with Gasteiger partial charge in [0.2, 0.25) is 0 Å². The first-order chi connectivity index (χ1) is 30.6. The number of phosphoric ester groups is 1. The van der Waals surface area contributed by atoms with Gasteiger partial charge in [-0.3, -0.25) is 9.36 Å². The van der Waals surface area contributed by atoms with Crippen molar-refractivity contribution in [1.82, 2.24) is 0 Å². The molecule has 0 aliphatic rings. The molecule has 0 bridgehead atoms. The van der Waals surface area contributed by atoms with Gasteiger partial charge in [0.1, 0.15) is 19.3 Å². The van der Waals surface area contributed by atoms with E-state index in [-0.39, 0.29) is 25.8 Å². The van der Waals surface area contributed by atoms with Crippen LogP contribution in [0.15, 0.2) is 0 Å². The Morgan fingerprint density at radius 3 is 1.05 bits per heavy atom. The summed E-state index contributed by atoms with van der Waals surface area (Å²) < 4.78 is 34.7. The zero-order valence-electron chi connectivity index (χ0n) is 43.1. The molecule has 8 nitrogen and oxygen atoms in total. The standard InChI is InChI=1S/C54H110NO7P/c1-6-8-10-12-14-16-18-20-21-22-23-24-25-26-27-28-29-30-31-32-33-34-35-36-37-39-41-43-45-47-54(56)62-53(52-61-63(57,58)60-50-48-55(3,4)5)51-59-49-46-44-42-40-38-19-17-15-13-11-9-7-2/h53H,6-52H2,1-5H3/t53-/m1/s1. The summed E-state index contributed by atoms with van der Waals surface area (Å²) in [5.41, 5.74) is 0. The number of phosphoric acid groups is 1. The summed E-state index contributed by atoms with van der Waals surface area (Å²) >= 11 is 0. The zero-order chi connectivity index (χ0) is 46.2. The van der Waals surface area contributed by atoms with Crippen molar-refractivity contribution in [3.8, 4) is 0 Å². The average molecular weight is 916 g/mol. The Hall–Kier alpha value is -0.500. The third kappa shape index (κ3) is 52.3. The molecule has 0 amide bonds. The Balaban J connectivity index is 3.90. The van der Waals surface area contributed by atoms with Crippen LogP contribution in [0.25, 0.3) is 0 Å². The minimum absolute atomic E-state index is 0.0316. The van der Waals surface area contributed by atoms with E-state index in [1.165, 1.54) is 231 Å². The Kier molecular flexibility index (Phi) is 47.6. The summed E-state index contributed by atoms with van der Waals surface area (Å²) in [6.07, 6.45) is 54.4. The maximum Gasteiger partial charge on any atom is 0.306 e. The average Bonchev–Trinajstić information content (AvgIpc) is 3.24. The molecule has 0 heterocycles. The Labute approximate surface area is 393 Å². The van der Waals surface area contributed by atoms with Gasteiger partial charge in [-0.15, -0.1) is 0 Å². The number of unbranched alkanes of at least 4 members (excludes halogenated alkanes) is 39. The highest BCUT2D eigenvalue weighted by Crippen LogP contribution is 2.38. The number of likely N-dealkylation sites (N-methyl/N-ethyl adjacent to an activating group) is 1. The largest absolute Gasteiger partial charge is 0.756 e. The molecule has 0 N–H and O–H groups in total. The maximum atomic E-state index is 12.7. The number of quaternary nitrogens is 1. The first-order valence-corrected chi connectivity index (χ1v) is 29.2. The van der Waals surface area contributed by atoms with Crippen LogP contribution in [0, 0.1) is 0 Å². The summed E-state index contributed by atoms with van der Waals surface area (Å²) in [5.74, 6) is -0.325. The Bertz CT molecular complexity index is 976. The van der Waals surface area contributed by atoms with E-state index >= 15 is 0 Å². The van der Waals surface area contributed by atoms with E-state index < -0.39 is 13.9 Å². The van der Waals surface area contributed by atoms with Gasteiger partial charge in [0, 0.05) is 13.0 Å². The van der Waals surface area contributed by atoms with Crippen molar-refractivity contribution in [3.05, 3.63) is 0 Å². The second-order valence-corrected chi connectivity index (χ2v) is 21.7. The van der Waals surface area contributed by atoms with Crippen molar-refractivity contribution < 1.29 is 37.3 Å². The number of carbonyl (C=O) groups is 1. The minimum Gasteiger partial charge on any atom is -0.756 e. The van der Waals surface area contributed by atoms with Gasteiger partial charge in [-0.2, -0.15) is 0 Å². The first-order valence-electron chi connectivity index (χ1n) is 27.8. The lowest BCUT2D eigenvalue weighted by Gasteiger charge is -2.28. The summed E-state index contributed by atoms with van der Waals surface area (Å²) in [6.45, 7) is 5.49. The van der Waals surface area contributed by atoms with Crippen molar-refractivity contribution in [3.63, 3.8) is 0 Å². The highest BCUT2D eigenvalue weighted by Gasteiger charge is 2.20. The number of carbonyl (C=O) groups excluding carboxylic acids is 1. The quantitative estimate of drug-likeness (QED) is 0.0260. The van der Waals surface area contributed by atoms with E-state index in [0.717, 1.165) is 32.1 Å². The predicted molar refractivity (Wildman–Crippen MR) is 268 cm³/mol. The van der Waals surface area contributed by atoms with E-state index in [4.69, 9.17) is 18.5 Å². The van der Waals surface area contributed by atoms with E-state index in [2.05, 4.69) is 13.8 Å².